The molecular weight excluding hydrogens is 262 g/mol. The van der Waals surface area contributed by atoms with Crippen LogP contribution in [0.15, 0.2) is 0 Å². The van der Waals surface area contributed by atoms with Crippen molar-refractivity contribution in [3.63, 3.8) is 0 Å². The lowest BCUT2D eigenvalue weighted by Gasteiger charge is -2.17. The minimum atomic E-state index is -1.36. The van der Waals surface area contributed by atoms with E-state index >= 15 is 0 Å². The summed E-state index contributed by atoms with van der Waals surface area (Å²) in [5, 5.41) is 2.43. The maximum absolute atomic E-state index is 11.9. The molecule has 1 aliphatic rings. The molecule has 0 aromatic heterocycles. The maximum atomic E-state index is 11.9. The van der Waals surface area contributed by atoms with Crippen molar-refractivity contribution in [3.8, 4) is 0 Å². The Labute approximate surface area is 119 Å². The Morgan fingerprint density at radius 2 is 1.55 bits per heavy atom. The topological polar surface area (TPSA) is 81.7 Å². The number of carbonyl (C=O) groups is 3. The first-order valence-electron chi connectivity index (χ1n) is 7.21. The van der Waals surface area contributed by atoms with E-state index in [0.717, 1.165) is 25.7 Å². The van der Waals surface area contributed by atoms with Crippen LogP contribution in [0.5, 0.6) is 0 Å². The van der Waals surface area contributed by atoms with Crippen LogP contribution in [0.4, 0.5) is 0 Å². The third kappa shape index (κ3) is 5.19. The zero-order chi connectivity index (χ0) is 15.0. The average molecular weight is 285 g/mol. The summed E-state index contributed by atoms with van der Waals surface area (Å²) in [7, 11) is 0. The molecule has 0 aromatic rings. The van der Waals surface area contributed by atoms with Gasteiger partial charge in [0.05, 0.1) is 13.2 Å². The predicted octanol–water partition coefficient (Wildman–Crippen LogP) is 1.18. The van der Waals surface area contributed by atoms with Crippen molar-refractivity contribution in [1.82, 2.24) is 5.32 Å². The summed E-state index contributed by atoms with van der Waals surface area (Å²) in [5.41, 5.74) is 0. The van der Waals surface area contributed by atoms with E-state index in [4.69, 9.17) is 9.47 Å². The van der Waals surface area contributed by atoms with Crippen LogP contribution in [-0.2, 0) is 23.9 Å². The van der Waals surface area contributed by atoms with Crippen LogP contribution < -0.4 is 5.32 Å². The van der Waals surface area contributed by atoms with Gasteiger partial charge in [0.1, 0.15) is 0 Å². The number of ether oxygens (including phenoxy) is 2. The molecule has 0 radical (unpaired) electrons. The largest absolute Gasteiger partial charge is 0.464 e. The molecule has 1 amide bonds. The molecular formula is C14H23NO5. The molecule has 0 unspecified atom stereocenters. The Hall–Kier alpha value is -1.59. The summed E-state index contributed by atoms with van der Waals surface area (Å²) in [5.74, 6) is -1.50. The zero-order valence-electron chi connectivity index (χ0n) is 12.1. The highest BCUT2D eigenvalue weighted by Crippen LogP contribution is 2.27. The number of amides is 1. The lowest BCUT2D eigenvalue weighted by molar-refractivity contribution is -0.159. The molecule has 0 aromatic carbocycles. The van der Waals surface area contributed by atoms with Gasteiger partial charge in [0.2, 0.25) is 11.9 Å². The van der Waals surface area contributed by atoms with Crippen molar-refractivity contribution in [2.75, 3.05) is 13.2 Å². The highest BCUT2D eigenvalue weighted by molar-refractivity contribution is 6.02. The van der Waals surface area contributed by atoms with Gasteiger partial charge in [-0.1, -0.05) is 12.8 Å². The Balaban J connectivity index is 2.55. The Kier molecular flexibility index (Phi) is 7.04. The summed E-state index contributed by atoms with van der Waals surface area (Å²) in [6.45, 7) is 3.57. The number of rotatable bonds is 7. The Bertz CT molecular complexity index is 331. The first kappa shape index (κ1) is 16.5. The summed E-state index contributed by atoms with van der Waals surface area (Å²) in [4.78, 5) is 35.3. The van der Waals surface area contributed by atoms with Crippen molar-refractivity contribution in [3.05, 3.63) is 0 Å². The molecule has 114 valence electrons. The van der Waals surface area contributed by atoms with Gasteiger partial charge in [-0.05, 0) is 32.6 Å². The van der Waals surface area contributed by atoms with Gasteiger partial charge in [0, 0.05) is 6.42 Å². The monoisotopic (exact) mass is 285 g/mol. The molecule has 1 fully saturated rings. The van der Waals surface area contributed by atoms with E-state index in [1.54, 1.807) is 13.8 Å². The van der Waals surface area contributed by atoms with E-state index in [0.29, 0.717) is 12.3 Å². The lowest BCUT2D eigenvalue weighted by atomic mass is 10.0. The fourth-order valence-electron chi connectivity index (χ4n) is 2.36. The number of esters is 2. The smallest absolute Gasteiger partial charge is 0.340 e. The van der Waals surface area contributed by atoms with Crippen LogP contribution in [0.3, 0.4) is 0 Å². The van der Waals surface area contributed by atoms with Gasteiger partial charge in [-0.15, -0.1) is 0 Å². The molecule has 0 saturated heterocycles. The van der Waals surface area contributed by atoms with E-state index < -0.39 is 18.0 Å². The van der Waals surface area contributed by atoms with Crippen molar-refractivity contribution in [2.24, 2.45) is 5.92 Å². The van der Waals surface area contributed by atoms with Crippen LogP contribution in [0, 0.1) is 5.92 Å². The van der Waals surface area contributed by atoms with Crippen molar-refractivity contribution >= 4 is 17.8 Å². The molecule has 0 aliphatic heterocycles. The third-order valence-electron chi connectivity index (χ3n) is 3.30. The molecule has 0 heterocycles. The quantitative estimate of drug-likeness (QED) is 0.561. The number of carbonyl (C=O) groups excluding carboxylic acids is 3. The molecule has 6 heteroatoms. The maximum Gasteiger partial charge on any atom is 0.340 e. The van der Waals surface area contributed by atoms with Gasteiger partial charge in [-0.2, -0.15) is 0 Å². The van der Waals surface area contributed by atoms with Crippen LogP contribution in [0.2, 0.25) is 0 Å². The molecule has 1 N–H and O–H groups in total. The summed E-state index contributed by atoms with van der Waals surface area (Å²) in [6, 6.07) is -1.36. The van der Waals surface area contributed by atoms with Gasteiger partial charge >= 0.3 is 11.9 Å². The van der Waals surface area contributed by atoms with Crippen LogP contribution in [0.25, 0.3) is 0 Å². The molecule has 1 aliphatic carbocycles. The number of hydrogen-bond donors (Lipinski definition) is 1. The molecule has 0 spiro atoms. The number of hydrogen-bond acceptors (Lipinski definition) is 5. The average Bonchev–Trinajstić information content (AvgIpc) is 2.89. The van der Waals surface area contributed by atoms with Crippen LogP contribution in [-0.4, -0.2) is 37.1 Å². The van der Waals surface area contributed by atoms with Gasteiger partial charge in [0.15, 0.2) is 0 Å². The standard InChI is InChI=1S/C14H23NO5/c1-3-19-13(17)12(14(18)20-4-2)15-11(16)9-10-7-5-6-8-10/h10,12H,3-9H2,1-2H3,(H,15,16). The van der Waals surface area contributed by atoms with E-state index in [2.05, 4.69) is 5.32 Å². The minimum Gasteiger partial charge on any atom is -0.464 e. The third-order valence-corrected chi connectivity index (χ3v) is 3.30. The normalized spacial score (nSPS) is 15.2. The van der Waals surface area contributed by atoms with Crippen molar-refractivity contribution in [2.45, 2.75) is 52.0 Å². The zero-order valence-corrected chi connectivity index (χ0v) is 12.1. The molecule has 6 nitrogen and oxygen atoms in total. The second-order valence-corrected chi connectivity index (χ2v) is 4.86. The fraction of sp³-hybridized carbons (Fsp3) is 0.786. The number of nitrogens with one attached hydrogen (secondary N) is 1. The lowest BCUT2D eigenvalue weighted by Crippen LogP contribution is -2.48. The Morgan fingerprint density at radius 1 is 1.05 bits per heavy atom. The molecule has 0 bridgehead atoms. The van der Waals surface area contributed by atoms with Crippen LogP contribution >= 0.6 is 0 Å². The molecule has 1 rings (SSSR count). The predicted molar refractivity (Wildman–Crippen MR) is 71.8 cm³/mol. The first-order chi connectivity index (χ1) is 9.58. The molecule has 20 heavy (non-hydrogen) atoms. The molecule has 0 atom stereocenters. The summed E-state index contributed by atoms with van der Waals surface area (Å²) in [6.07, 6.45) is 4.66. The van der Waals surface area contributed by atoms with E-state index in [1.807, 2.05) is 0 Å². The summed E-state index contributed by atoms with van der Waals surface area (Å²) >= 11 is 0. The van der Waals surface area contributed by atoms with Crippen molar-refractivity contribution < 1.29 is 23.9 Å². The fourth-order valence-corrected chi connectivity index (χ4v) is 2.36. The van der Waals surface area contributed by atoms with E-state index in [-0.39, 0.29) is 19.1 Å². The van der Waals surface area contributed by atoms with Gasteiger partial charge < -0.3 is 14.8 Å². The minimum absolute atomic E-state index is 0.146. The SMILES string of the molecule is CCOC(=O)C(NC(=O)CC1CCCC1)C(=O)OCC. The first-order valence-corrected chi connectivity index (χ1v) is 7.21. The second-order valence-electron chi connectivity index (χ2n) is 4.86. The second kappa shape index (κ2) is 8.55. The van der Waals surface area contributed by atoms with Gasteiger partial charge in [-0.25, -0.2) is 9.59 Å². The summed E-state index contributed by atoms with van der Waals surface area (Å²) < 4.78 is 9.58. The highest BCUT2D eigenvalue weighted by atomic mass is 16.6. The van der Waals surface area contributed by atoms with Crippen LogP contribution in [0.1, 0.15) is 46.0 Å². The van der Waals surface area contributed by atoms with Gasteiger partial charge in [0.25, 0.3) is 0 Å². The molecule has 1 saturated carbocycles. The van der Waals surface area contributed by atoms with E-state index in [1.165, 1.54) is 0 Å². The van der Waals surface area contributed by atoms with Crippen molar-refractivity contribution in [1.29, 1.82) is 0 Å². The van der Waals surface area contributed by atoms with E-state index in [9.17, 15) is 14.4 Å². The Morgan fingerprint density at radius 3 is 2.00 bits per heavy atom. The highest BCUT2D eigenvalue weighted by Gasteiger charge is 2.32. The van der Waals surface area contributed by atoms with Gasteiger partial charge in [-0.3, -0.25) is 4.79 Å².